The molecule has 0 bridgehead atoms. The summed E-state index contributed by atoms with van der Waals surface area (Å²) in [5, 5.41) is 27.8. The summed E-state index contributed by atoms with van der Waals surface area (Å²) in [6.07, 6.45) is 24.9. The molecule has 0 heterocycles. The minimum Gasteiger partial charge on any atom is -0.481 e. The van der Waals surface area contributed by atoms with Gasteiger partial charge in [-0.3, -0.25) is 4.79 Å². The summed E-state index contributed by atoms with van der Waals surface area (Å²) in [5.41, 5.74) is 0. The number of aliphatic hydroxyl groups excluding tert-OH is 2. The molecule has 0 aromatic heterocycles. The van der Waals surface area contributed by atoms with E-state index in [0.717, 1.165) is 19.3 Å². The van der Waals surface area contributed by atoms with Gasteiger partial charge in [-0.2, -0.15) is 0 Å². The molecule has 0 fully saturated rings. The zero-order chi connectivity index (χ0) is 19.5. The van der Waals surface area contributed by atoms with Crippen LogP contribution in [0, 0.1) is 0 Å². The molecule has 0 amide bonds. The lowest BCUT2D eigenvalue weighted by molar-refractivity contribution is -0.136. The van der Waals surface area contributed by atoms with Gasteiger partial charge in [-0.15, -0.1) is 0 Å². The van der Waals surface area contributed by atoms with Crippen LogP contribution in [0.3, 0.4) is 0 Å². The molecule has 0 aromatic rings. The van der Waals surface area contributed by atoms with E-state index in [4.69, 9.17) is 5.11 Å². The van der Waals surface area contributed by atoms with Crippen LogP contribution in [0.15, 0.2) is 72.9 Å². The average molecular weight is 360 g/mol. The van der Waals surface area contributed by atoms with Crippen LogP contribution in [0.4, 0.5) is 0 Å². The van der Waals surface area contributed by atoms with Crippen LogP contribution in [-0.4, -0.2) is 33.5 Å². The Hall–Kier alpha value is -2.17. The van der Waals surface area contributed by atoms with Crippen LogP contribution in [0.2, 0.25) is 0 Å². The molecule has 0 saturated heterocycles. The summed E-state index contributed by atoms with van der Waals surface area (Å²) in [7, 11) is 0. The molecule has 3 N–H and O–H groups in total. The Kier molecular flexibility index (Phi) is 16.2. The van der Waals surface area contributed by atoms with E-state index >= 15 is 0 Å². The maximum Gasteiger partial charge on any atom is 0.303 e. The molecule has 0 saturated carbocycles. The van der Waals surface area contributed by atoms with Gasteiger partial charge >= 0.3 is 5.97 Å². The van der Waals surface area contributed by atoms with Gasteiger partial charge in [-0.1, -0.05) is 86.3 Å². The zero-order valence-electron chi connectivity index (χ0n) is 15.6. The van der Waals surface area contributed by atoms with Crippen LogP contribution in [0.5, 0.6) is 0 Å². The molecule has 0 aliphatic carbocycles. The second kappa shape index (κ2) is 17.6. The van der Waals surface area contributed by atoms with E-state index in [0.29, 0.717) is 12.8 Å². The highest BCUT2D eigenvalue weighted by Gasteiger charge is 1.95. The van der Waals surface area contributed by atoms with Gasteiger partial charge in [0.1, 0.15) is 0 Å². The smallest absolute Gasteiger partial charge is 0.303 e. The van der Waals surface area contributed by atoms with Gasteiger partial charge in [-0.25, -0.2) is 0 Å². The summed E-state index contributed by atoms with van der Waals surface area (Å²) >= 11 is 0. The number of carbonyl (C=O) groups is 1. The first-order valence-corrected chi connectivity index (χ1v) is 9.12. The van der Waals surface area contributed by atoms with Crippen LogP contribution in [0.1, 0.15) is 45.4 Å². The normalized spacial score (nSPS) is 15.5. The van der Waals surface area contributed by atoms with E-state index in [1.807, 2.05) is 36.5 Å². The summed E-state index contributed by atoms with van der Waals surface area (Å²) in [5.74, 6) is -0.815. The van der Waals surface area contributed by atoms with Gasteiger partial charge in [0.15, 0.2) is 0 Å². The molecular weight excluding hydrogens is 328 g/mol. The molecule has 4 nitrogen and oxygen atoms in total. The molecule has 0 aliphatic heterocycles. The molecule has 0 rings (SSSR count). The highest BCUT2D eigenvalue weighted by atomic mass is 16.4. The number of rotatable bonds is 14. The topological polar surface area (TPSA) is 77.8 Å². The number of carboxylic acid groups (broad SMARTS) is 1. The van der Waals surface area contributed by atoms with Crippen molar-refractivity contribution in [2.24, 2.45) is 0 Å². The minimum atomic E-state index is -0.815. The van der Waals surface area contributed by atoms with Crippen LogP contribution in [0.25, 0.3) is 0 Å². The summed E-state index contributed by atoms with van der Waals surface area (Å²) < 4.78 is 0. The maximum absolute atomic E-state index is 10.3. The molecule has 0 unspecified atom stereocenters. The van der Waals surface area contributed by atoms with Crippen molar-refractivity contribution in [3.63, 3.8) is 0 Å². The monoisotopic (exact) mass is 360 g/mol. The van der Waals surface area contributed by atoms with Crippen molar-refractivity contribution in [2.45, 2.75) is 57.7 Å². The van der Waals surface area contributed by atoms with Gasteiger partial charge in [-0.05, 0) is 25.7 Å². The van der Waals surface area contributed by atoms with E-state index in [9.17, 15) is 15.0 Å². The summed E-state index contributed by atoms with van der Waals surface area (Å²) in [6.45, 7) is 2.10. The third kappa shape index (κ3) is 18.2. The molecule has 144 valence electrons. The van der Waals surface area contributed by atoms with E-state index in [1.165, 1.54) is 0 Å². The Morgan fingerprint density at radius 2 is 1.54 bits per heavy atom. The predicted octanol–water partition coefficient (Wildman–Crippen LogP) is 4.49. The molecule has 0 radical (unpaired) electrons. The van der Waals surface area contributed by atoms with Crippen LogP contribution >= 0.6 is 0 Å². The molecule has 4 heteroatoms. The van der Waals surface area contributed by atoms with E-state index in [1.54, 1.807) is 36.5 Å². The Balaban J connectivity index is 3.87. The fraction of sp³-hybridized carbons (Fsp3) is 0.409. The third-order valence-electron chi connectivity index (χ3n) is 3.27. The number of hydrogen-bond acceptors (Lipinski definition) is 3. The largest absolute Gasteiger partial charge is 0.481 e. The second-order valence-corrected chi connectivity index (χ2v) is 5.78. The first-order chi connectivity index (χ1) is 12.6. The van der Waals surface area contributed by atoms with E-state index in [2.05, 4.69) is 6.92 Å². The molecule has 0 aliphatic rings. The number of unbranched alkanes of at least 4 members (excludes halogenated alkanes) is 1. The van der Waals surface area contributed by atoms with Crippen molar-refractivity contribution in [3.8, 4) is 0 Å². The Labute approximate surface area is 157 Å². The van der Waals surface area contributed by atoms with Gasteiger partial charge in [0.25, 0.3) is 0 Å². The third-order valence-corrected chi connectivity index (χ3v) is 3.27. The lowest BCUT2D eigenvalue weighted by Crippen LogP contribution is -1.99. The van der Waals surface area contributed by atoms with Gasteiger partial charge < -0.3 is 15.3 Å². The van der Waals surface area contributed by atoms with Crippen LogP contribution < -0.4 is 0 Å². The van der Waals surface area contributed by atoms with E-state index < -0.39 is 18.2 Å². The zero-order valence-corrected chi connectivity index (χ0v) is 15.6. The Morgan fingerprint density at radius 1 is 0.846 bits per heavy atom. The number of aliphatic hydroxyl groups is 2. The SMILES string of the molecule is CCC/C=C\[C@H](O)/C=C/C=C\C/C=C\C=C\[C@@H](O)C/C=C\CCC(=O)O. The van der Waals surface area contributed by atoms with E-state index in [-0.39, 0.29) is 6.42 Å². The van der Waals surface area contributed by atoms with Crippen molar-refractivity contribution >= 4 is 5.97 Å². The Bertz CT molecular complexity index is 524. The standard InChI is InChI=1S/C22H32O4/c1-2-3-10-15-20(23)16-11-7-5-4-6-8-12-17-21(24)18-13-9-14-19-22(25)26/h5-13,15-17,20-21,23-24H,2-4,14,18-19H2,1H3,(H,25,26)/b7-5-,8-6-,13-9-,15-10-,16-11+,17-12+/t20-,21+/m0/s1. The molecule has 2 atom stereocenters. The van der Waals surface area contributed by atoms with Crippen LogP contribution in [-0.2, 0) is 4.79 Å². The van der Waals surface area contributed by atoms with Crippen molar-refractivity contribution in [2.75, 3.05) is 0 Å². The fourth-order valence-corrected chi connectivity index (χ4v) is 1.87. The lowest BCUT2D eigenvalue weighted by Gasteiger charge is -1.98. The average Bonchev–Trinajstić information content (AvgIpc) is 2.60. The minimum absolute atomic E-state index is 0.113. The number of hydrogen-bond donors (Lipinski definition) is 3. The van der Waals surface area contributed by atoms with Crippen molar-refractivity contribution < 1.29 is 20.1 Å². The number of carboxylic acids is 1. The Morgan fingerprint density at radius 3 is 2.19 bits per heavy atom. The van der Waals surface area contributed by atoms with Gasteiger partial charge in [0, 0.05) is 6.42 Å². The molecular formula is C22H32O4. The van der Waals surface area contributed by atoms with Crippen molar-refractivity contribution in [3.05, 3.63) is 72.9 Å². The highest BCUT2D eigenvalue weighted by molar-refractivity contribution is 5.66. The quantitative estimate of drug-likeness (QED) is 0.315. The van der Waals surface area contributed by atoms with Gasteiger partial charge in [0.05, 0.1) is 12.2 Å². The molecule has 0 aromatic carbocycles. The highest BCUT2D eigenvalue weighted by Crippen LogP contribution is 1.99. The summed E-state index contributed by atoms with van der Waals surface area (Å²) in [6, 6.07) is 0. The second-order valence-electron chi connectivity index (χ2n) is 5.78. The first kappa shape index (κ1) is 23.8. The number of allylic oxidation sites excluding steroid dienone is 8. The van der Waals surface area contributed by atoms with Crippen molar-refractivity contribution in [1.82, 2.24) is 0 Å². The summed E-state index contributed by atoms with van der Waals surface area (Å²) in [4.78, 5) is 10.3. The molecule has 26 heavy (non-hydrogen) atoms. The first-order valence-electron chi connectivity index (χ1n) is 9.12. The lowest BCUT2D eigenvalue weighted by atomic mass is 10.2. The number of aliphatic carboxylic acids is 1. The molecule has 0 spiro atoms. The predicted molar refractivity (Wildman–Crippen MR) is 108 cm³/mol. The van der Waals surface area contributed by atoms with Gasteiger partial charge in [0.2, 0.25) is 0 Å². The maximum atomic E-state index is 10.3. The fourth-order valence-electron chi connectivity index (χ4n) is 1.87. The van der Waals surface area contributed by atoms with Crippen molar-refractivity contribution in [1.29, 1.82) is 0 Å².